The Labute approximate surface area is 166 Å². The molecule has 1 fully saturated rings. The number of piperidine rings is 1. The van der Waals surface area contributed by atoms with Crippen LogP contribution in [0.2, 0.25) is 5.02 Å². The fourth-order valence-corrected chi connectivity index (χ4v) is 3.36. The molecule has 1 atom stereocenters. The number of benzene rings is 1. The summed E-state index contributed by atoms with van der Waals surface area (Å²) in [5.41, 5.74) is 0.242. The molecule has 28 heavy (non-hydrogen) atoms. The maximum absolute atomic E-state index is 12.1. The molecule has 0 bridgehead atoms. The summed E-state index contributed by atoms with van der Waals surface area (Å²) in [6, 6.07) is 6.89. The Bertz CT molecular complexity index is 879. The monoisotopic (exact) mass is 405 g/mol. The number of halogens is 1. The first-order valence-corrected chi connectivity index (χ1v) is 9.31. The zero-order valence-electron chi connectivity index (χ0n) is 15.3. The van der Waals surface area contributed by atoms with Crippen molar-refractivity contribution in [2.45, 2.75) is 19.8 Å². The van der Waals surface area contributed by atoms with Crippen molar-refractivity contribution in [2.75, 3.05) is 29.9 Å². The predicted octanol–water partition coefficient (Wildman–Crippen LogP) is 3.56. The lowest BCUT2D eigenvalue weighted by Crippen LogP contribution is -2.40. The molecule has 1 N–H and O–H groups in total. The third-order valence-electron chi connectivity index (χ3n) is 4.45. The van der Waals surface area contributed by atoms with E-state index in [4.69, 9.17) is 16.3 Å². The first kappa shape index (κ1) is 19.8. The Morgan fingerprint density at radius 3 is 2.93 bits per heavy atom. The molecule has 148 valence electrons. The number of esters is 1. The summed E-state index contributed by atoms with van der Waals surface area (Å²) in [6.07, 6.45) is 2.65. The molecule has 2 heterocycles. The van der Waals surface area contributed by atoms with Crippen molar-refractivity contribution in [3.8, 4) is 0 Å². The van der Waals surface area contributed by atoms with Gasteiger partial charge in [-0.2, -0.15) is 0 Å². The summed E-state index contributed by atoms with van der Waals surface area (Å²) in [7, 11) is 0. The topological polar surface area (TPSA) is 110 Å². The van der Waals surface area contributed by atoms with Gasteiger partial charge in [-0.1, -0.05) is 23.7 Å². The number of para-hydroxylation sites is 1. The van der Waals surface area contributed by atoms with Gasteiger partial charge in [-0.05, 0) is 31.9 Å². The van der Waals surface area contributed by atoms with Crippen molar-refractivity contribution in [3.63, 3.8) is 0 Å². The van der Waals surface area contributed by atoms with Gasteiger partial charge < -0.3 is 15.0 Å². The quantitative estimate of drug-likeness (QED) is 0.441. The molecule has 1 aliphatic rings. The highest BCUT2D eigenvalue weighted by atomic mass is 35.5. The van der Waals surface area contributed by atoms with Gasteiger partial charge in [0.05, 0.1) is 28.2 Å². The Balaban J connectivity index is 1.92. The van der Waals surface area contributed by atoms with Gasteiger partial charge in [-0.3, -0.25) is 14.9 Å². The first-order valence-electron chi connectivity index (χ1n) is 8.93. The first-order chi connectivity index (χ1) is 13.5. The molecule has 1 saturated heterocycles. The molecule has 0 aliphatic carbocycles. The molecule has 0 amide bonds. The Morgan fingerprint density at radius 1 is 1.43 bits per heavy atom. The van der Waals surface area contributed by atoms with E-state index in [2.05, 4.69) is 15.3 Å². The normalized spacial score (nSPS) is 16.5. The highest BCUT2D eigenvalue weighted by Gasteiger charge is 2.33. The van der Waals surface area contributed by atoms with E-state index in [1.165, 1.54) is 6.33 Å². The molecule has 10 heteroatoms. The lowest BCUT2D eigenvalue weighted by molar-refractivity contribution is -0.383. The zero-order chi connectivity index (χ0) is 20.1. The van der Waals surface area contributed by atoms with Crippen molar-refractivity contribution in [3.05, 3.63) is 45.7 Å². The molecule has 1 aromatic heterocycles. The summed E-state index contributed by atoms with van der Waals surface area (Å²) in [4.78, 5) is 33.3. The fourth-order valence-electron chi connectivity index (χ4n) is 3.17. The van der Waals surface area contributed by atoms with Gasteiger partial charge in [0.15, 0.2) is 0 Å². The molecular weight excluding hydrogens is 386 g/mol. The van der Waals surface area contributed by atoms with Crippen molar-refractivity contribution < 1.29 is 14.5 Å². The summed E-state index contributed by atoms with van der Waals surface area (Å²) in [5.74, 6) is -0.425. The molecule has 0 saturated carbocycles. The lowest BCUT2D eigenvalue weighted by atomic mass is 9.98. The van der Waals surface area contributed by atoms with Crippen LogP contribution < -0.4 is 10.2 Å². The largest absolute Gasteiger partial charge is 0.466 e. The average Bonchev–Trinajstić information content (AvgIpc) is 2.69. The van der Waals surface area contributed by atoms with Crippen LogP contribution in [-0.2, 0) is 9.53 Å². The van der Waals surface area contributed by atoms with E-state index >= 15 is 0 Å². The van der Waals surface area contributed by atoms with E-state index < -0.39 is 4.92 Å². The molecule has 1 unspecified atom stereocenters. The minimum atomic E-state index is -0.525. The van der Waals surface area contributed by atoms with Crippen LogP contribution in [0.1, 0.15) is 19.8 Å². The van der Waals surface area contributed by atoms with E-state index in [0.717, 1.165) is 0 Å². The standard InChI is InChI=1S/C18H20ClN5O4/c1-2-28-18(25)12-6-5-9-23(10-12)17-15(24(26)27)16(20-11-21-17)22-14-8-4-3-7-13(14)19/h3-4,7-8,11-12H,2,5-6,9-10H2,1H3,(H,20,21,22). The van der Waals surface area contributed by atoms with Gasteiger partial charge in [0.2, 0.25) is 11.6 Å². The maximum atomic E-state index is 12.1. The number of carbonyl (C=O) groups is 1. The van der Waals surface area contributed by atoms with Crippen LogP contribution in [0.5, 0.6) is 0 Å². The Hall–Kier alpha value is -2.94. The second kappa shape index (κ2) is 8.83. The average molecular weight is 406 g/mol. The van der Waals surface area contributed by atoms with Crippen LogP contribution in [-0.4, -0.2) is 40.6 Å². The second-order valence-corrected chi connectivity index (χ2v) is 6.70. The molecule has 0 spiro atoms. The second-order valence-electron chi connectivity index (χ2n) is 6.29. The van der Waals surface area contributed by atoms with Crippen molar-refractivity contribution in [1.82, 2.24) is 9.97 Å². The summed E-state index contributed by atoms with van der Waals surface area (Å²) in [6.45, 7) is 2.91. The number of nitro groups is 1. The van der Waals surface area contributed by atoms with E-state index in [0.29, 0.717) is 43.2 Å². The highest BCUT2D eigenvalue weighted by molar-refractivity contribution is 6.33. The van der Waals surface area contributed by atoms with Gasteiger partial charge in [-0.25, -0.2) is 9.97 Å². The fraction of sp³-hybridized carbons (Fsp3) is 0.389. The van der Waals surface area contributed by atoms with Crippen molar-refractivity contribution >= 4 is 40.6 Å². The van der Waals surface area contributed by atoms with Gasteiger partial charge in [0.1, 0.15) is 6.33 Å². The predicted molar refractivity (Wildman–Crippen MR) is 105 cm³/mol. The zero-order valence-corrected chi connectivity index (χ0v) is 16.1. The Kier molecular flexibility index (Phi) is 6.25. The van der Waals surface area contributed by atoms with Crippen LogP contribution in [0.15, 0.2) is 30.6 Å². The third kappa shape index (κ3) is 4.30. The number of rotatable bonds is 6. The van der Waals surface area contributed by atoms with Crippen LogP contribution in [0.25, 0.3) is 0 Å². The number of anilines is 3. The minimum Gasteiger partial charge on any atom is -0.466 e. The van der Waals surface area contributed by atoms with Gasteiger partial charge in [-0.15, -0.1) is 0 Å². The lowest BCUT2D eigenvalue weighted by Gasteiger charge is -2.32. The van der Waals surface area contributed by atoms with E-state index in [1.807, 2.05) is 0 Å². The number of carbonyl (C=O) groups excluding carboxylic acids is 1. The SMILES string of the molecule is CCOC(=O)C1CCCN(c2ncnc(Nc3ccccc3Cl)c2[N+](=O)[O-])C1. The van der Waals surface area contributed by atoms with Crippen LogP contribution in [0, 0.1) is 16.0 Å². The number of nitrogens with one attached hydrogen (secondary N) is 1. The smallest absolute Gasteiger partial charge is 0.353 e. The summed E-state index contributed by atoms with van der Waals surface area (Å²) < 4.78 is 5.10. The molecule has 0 radical (unpaired) electrons. The summed E-state index contributed by atoms with van der Waals surface area (Å²) >= 11 is 6.14. The number of nitrogens with zero attached hydrogens (tertiary/aromatic N) is 4. The van der Waals surface area contributed by atoms with E-state index in [1.54, 1.807) is 36.1 Å². The number of hydrogen-bond acceptors (Lipinski definition) is 8. The minimum absolute atomic E-state index is 0.0429. The molecule has 2 aromatic rings. The van der Waals surface area contributed by atoms with Crippen LogP contribution >= 0.6 is 11.6 Å². The van der Waals surface area contributed by atoms with Crippen LogP contribution in [0.3, 0.4) is 0 Å². The number of ether oxygens (including phenoxy) is 1. The number of aromatic nitrogens is 2. The molecule has 1 aliphatic heterocycles. The third-order valence-corrected chi connectivity index (χ3v) is 4.78. The van der Waals surface area contributed by atoms with Crippen LogP contribution in [0.4, 0.5) is 23.0 Å². The Morgan fingerprint density at radius 2 is 2.21 bits per heavy atom. The van der Waals surface area contributed by atoms with Gasteiger partial charge >= 0.3 is 11.7 Å². The van der Waals surface area contributed by atoms with Crippen molar-refractivity contribution in [1.29, 1.82) is 0 Å². The highest BCUT2D eigenvalue weighted by Crippen LogP contribution is 2.36. The van der Waals surface area contributed by atoms with E-state index in [-0.39, 0.29) is 29.2 Å². The van der Waals surface area contributed by atoms with Crippen molar-refractivity contribution in [2.24, 2.45) is 5.92 Å². The number of hydrogen-bond donors (Lipinski definition) is 1. The maximum Gasteiger partial charge on any atom is 0.353 e. The molecule has 9 nitrogen and oxygen atoms in total. The molecule has 3 rings (SSSR count). The molecule has 1 aromatic carbocycles. The molecular formula is C18H20ClN5O4. The van der Waals surface area contributed by atoms with E-state index in [9.17, 15) is 14.9 Å². The van der Waals surface area contributed by atoms with Gasteiger partial charge in [0.25, 0.3) is 0 Å². The summed E-state index contributed by atoms with van der Waals surface area (Å²) in [5, 5.41) is 15.1. The van der Waals surface area contributed by atoms with Gasteiger partial charge in [0, 0.05) is 13.1 Å².